The van der Waals surface area contributed by atoms with Crippen molar-refractivity contribution in [1.82, 2.24) is 0 Å². The van der Waals surface area contributed by atoms with E-state index >= 15 is 0 Å². The van der Waals surface area contributed by atoms with E-state index in [0.29, 0.717) is 24.0 Å². The van der Waals surface area contributed by atoms with Crippen molar-refractivity contribution in [2.75, 3.05) is 0 Å². The summed E-state index contributed by atoms with van der Waals surface area (Å²) in [5.41, 5.74) is 1.34. The molecule has 1 aliphatic carbocycles. The molecule has 0 radical (unpaired) electrons. The molecular weight excluding hydrogens is 228 g/mol. The average Bonchev–Trinajstić information content (AvgIpc) is 2.39. The molecule has 1 fully saturated rings. The van der Waals surface area contributed by atoms with E-state index in [4.69, 9.17) is 0 Å². The van der Waals surface area contributed by atoms with E-state index in [2.05, 4.69) is 0 Å². The van der Waals surface area contributed by atoms with Crippen molar-refractivity contribution in [3.8, 4) is 0 Å². The van der Waals surface area contributed by atoms with Gasteiger partial charge in [0, 0.05) is 5.56 Å². The van der Waals surface area contributed by atoms with Crippen molar-refractivity contribution in [3.05, 3.63) is 34.9 Å². The van der Waals surface area contributed by atoms with Gasteiger partial charge in [-0.05, 0) is 31.4 Å². The van der Waals surface area contributed by atoms with Crippen LogP contribution in [-0.2, 0) is 10.2 Å². The Balaban J connectivity index is 2.55. The first-order chi connectivity index (χ1) is 8.60. The Bertz CT molecular complexity index is 471. The van der Waals surface area contributed by atoms with Crippen molar-refractivity contribution < 1.29 is 14.7 Å². The number of carboxylic acid groups (broad SMARTS) is 1. The number of rotatable bonds is 3. The minimum Gasteiger partial charge on any atom is -0.481 e. The van der Waals surface area contributed by atoms with Gasteiger partial charge in [0.2, 0.25) is 0 Å². The van der Waals surface area contributed by atoms with E-state index in [1.54, 1.807) is 6.07 Å². The number of aldehydes is 1. The largest absolute Gasteiger partial charge is 0.481 e. The molecular formula is C15H18O3. The van der Waals surface area contributed by atoms with Crippen molar-refractivity contribution in [2.45, 2.75) is 44.4 Å². The number of benzene rings is 1. The zero-order chi connectivity index (χ0) is 13.2. The van der Waals surface area contributed by atoms with Gasteiger partial charge >= 0.3 is 5.97 Å². The van der Waals surface area contributed by atoms with E-state index in [-0.39, 0.29) is 0 Å². The lowest BCUT2D eigenvalue weighted by Crippen LogP contribution is -2.38. The van der Waals surface area contributed by atoms with Crippen molar-refractivity contribution in [2.24, 2.45) is 0 Å². The van der Waals surface area contributed by atoms with Gasteiger partial charge < -0.3 is 5.11 Å². The minimum absolute atomic E-state index is 0.527. The van der Waals surface area contributed by atoms with E-state index in [0.717, 1.165) is 31.1 Å². The lowest BCUT2D eigenvalue weighted by molar-refractivity contribution is -0.145. The first-order valence-electron chi connectivity index (χ1n) is 6.40. The highest BCUT2D eigenvalue weighted by molar-refractivity contribution is 5.87. The summed E-state index contributed by atoms with van der Waals surface area (Å²) in [5, 5.41) is 9.62. The SMILES string of the molecule is Cc1ccc(C2(C(=O)O)CCCCC2)c(C=O)c1. The number of hydrogen-bond acceptors (Lipinski definition) is 2. The average molecular weight is 246 g/mol. The van der Waals surface area contributed by atoms with Crippen molar-refractivity contribution in [1.29, 1.82) is 0 Å². The normalized spacial score (nSPS) is 18.3. The Kier molecular flexibility index (Phi) is 3.50. The first kappa shape index (κ1) is 12.8. The van der Waals surface area contributed by atoms with Crippen LogP contribution in [0, 0.1) is 6.92 Å². The zero-order valence-corrected chi connectivity index (χ0v) is 10.6. The molecule has 18 heavy (non-hydrogen) atoms. The third kappa shape index (κ3) is 2.05. The molecule has 0 bridgehead atoms. The molecule has 1 N–H and O–H groups in total. The van der Waals surface area contributed by atoms with Gasteiger partial charge in [0.25, 0.3) is 0 Å². The Labute approximate surface area is 107 Å². The molecule has 1 saturated carbocycles. The Morgan fingerprint density at radius 1 is 1.28 bits per heavy atom. The molecule has 2 rings (SSSR count). The Morgan fingerprint density at radius 2 is 1.94 bits per heavy atom. The Morgan fingerprint density at radius 3 is 2.50 bits per heavy atom. The molecule has 0 saturated heterocycles. The second kappa shape index (κ2) is 4.92. The summed E-state index contributed by atoms with van der Waals surface area (Å²) in [6, 6.07) is 5.49. The number of carbonyl (C=O) groups is 2. The van der Waals surface area contributed by atoms with E-state index < -0.39 is 11.4 Å². The minimum atomic E-state index is -0.859. The van der Waals surface area contributed by atoms with Crippen LogP contribution in [-0.4, -0.2) is 17.4 Å². The lowest BCUT2D eigenvalue weighted by atomic mass is 9.68. The Hall–Kier alpha value is -1.64. The molecule has 3 nitrogen and oxygen atoms in total. The maximum atomic E-state index is 11.7. The van der Waals surface area contributed by atoms with Crippen LogP contribution in [0.25, 0.3) is 0 Å². The summed E-state index contributed by atoms with van der Waals surface area (Å²) in [4.78, 5) is 22.9. The number of carbonyl (C=O) groups excluding carboxylic acids is 1. The van der Waals surface area contributed by atoms with Gasteiger partial charge in [-0.1, -0.05) is 37.0 Å². The fraction of sp³-hybridized carbons (Fsp3) is 0.467. The summed E-state index contributed by atoms with van der Waals surface area (Å²) in [7, 11) is 0. The number of carboxylic acids is 1. The van der Waals surface area contributed by atoms with Gasteiger partial charge in [-0.25, -0.2) is 0 Å². The molecule has 96 valence electrons. The summed E-state index contributed by atoms with van der Waals surface area (Å²) >= 11 is 0. The number of aliphatic carboxylic acids is 1. The van der Waals surface area contributed by atoms with E-state index in [1.165, 1.54) is 0 Å². The summed E-state index contributed by atoms with van der Waals surface area (Å²) in [5.74, 6) is -0.797. The molecule has 0 amide bonds. The molecule has 0 atom stereocenters. The molecule has 0 aromatic heterocycles. The summed E-state index contributed by atoms with van der Waals surface area (Å²) < 4.78 is 0. The molecule has 3 heteroatoms. The maximum absolute atomic E-state index is 11.7. The van der Waals surface area contributed by atoms with Crippen LogP contribution in [0.15, 0.2) is 18.2 Å². The van der Waals surface area contributed by atoms with Gasteiger partial charge in [0.15, 0.2) is 0 Å². The van der Waals surface area contributed by atoms with Crippen LogP contribution in [0.1, 0.15) is 53.6 Å². The molecule has 0 spiro atoms. The molecule has 0 unspecified atom stereocenters. The van der Waals surface area contributed by atoms with E-state index in [9.17, 15) is 14.7 Å². The number of aryl methyl sites for hydroxylation is 1. The first-order valence-corrected chi connectivity index (χ1v) is 6.40. The maximum Gasteiger partial charge on any atom is 0.314 e. The quantitative estimate of drug-likeness (QED) is 0.834. The van der Waals surface area contributed by atoms with Crippen molar-refractivity contribution in [3.63, 3.8) is 0 Å². The highest BCUT2D eigenvalue weighted by Gasteiger charge is 2.42. The number of hydrogen-bond donors (Lipinski definition) is 1. The molecule has 1 aromatic rings. The van der Waals surface area contributed by atoms with Crippen LogP contribution in [0.2, 0.25) is 0 Å². The lowest BCUT2D eigenvalue weighted by Gasteiger charge is -2.34. The predicted octanol–water partition coefficient (Wildman–Crippen LogP) is 3.09. The second-order valence-electron chi connectivity index (χ2n) is 5.16. The van der Waals surface area contributed by atoms with Crippen LogP contribution in [0.4, 0.5) is 0 Å². The van der Waals surface area contributed by atoms with Gasteiger partial charge in [-0.3, -0.25) is 9.59 Å². The molecule has 1 aliphatic rings. The summed E-state index contributed by atoms with van der Waals surface area (Å²) in [6.07, 6.45) is 4.95. The fourth-order valence-electron chi connectivity index (χ4n) is 2.97. The van der Waals surface area contributed by atoms with Gasteiger partial charge in [-0.2, -0.15) is 0 Å². The van der Waals surface area contributed by atoms with E-state index in [1.807, 2.05) is 19.1 Å². The van der Waals surface area contributed by atoms with Gasteiger partial charge in [0.1, 0.15) is 6.29 Å². The third-order valence-electron chi connectivity index (χ3n) is 3.97. The van der Waals surface area contributed by atoms with Crippen LogP contribution in [0.3, 0.4) is 0 Å². The molecule has 0 aliphatic heterocycles. The predicted molar refractivity (Wildman–Crippen MR) is 69.0 cm³/mol. The fourth-order valence-corrected chi connectivity index (χ4v) is 2.97. The van der Waals surface area contributed by atoms with Crippen LogP contribution < -0.4 is 0 Å². The highest BCUT2D eigenvalue weighted by Crippen LogP contribution is 2.41. The smallest absolute Gasteiger partial charge is 0.314 e. The highest BCUT2D eigenvalue weighted by atomic mass is 16.4. The monoisotopic (exact) mass is 246 g/mol. The topological polar surface area (TPSA) is 54.4 Å². The third-order valence-corrected chi connectivity index (χ3v) is 3.97. The molecule has 1 aromatic carbocycles. The molecule has 0 heterocycles. The van der Waals surface area contributed by atoms with Crippen molar-refractivity contribution >= 4 is 12.3 Å². The van der Waals surface area contributed by atoms with Gasteiger partial charge in [-0.15, -0.1) is 0 Å². The van der Waals surface area contributed by atoms with Crippen LogP contribution in [0.5, 0.6) is 0 Å². The second-order valence-corrected chi connectivity index (χ2v) is 5.16. The summed E-state index contributed by atoms with van der Waals surface area (Å²) in [6.45, 7) is 1.91. The standard InChI is InChI=1S/C15H18O3/c1-11-5-6-13(12(9-11)10-16)15(14(17)18)7-3-2-4-8-15/h5-6,9-10H,2-4,7-8H2,1H3,(H,17,18). The van der Waals surface area contributed by atoms with Gasteiger partial charge in [0.05, 0.1) is 5.41 Å². The van der Waals surface area contributed by atoms with Crippen LogP contribution >= 0.6 is 0 Å². The zero-order valence-electron chi connectivity index (χ0n) is 10.6.